The van der Waals surface area contributed by atoms with Gasteiger partial charge in [0.2, 0.25) is 0 Å². The van der Waals surface area contributed by atoms with Gasteiger partial charge in [-0.05, 0) is 6.07 Å². The largest absolute Gasteiger partial charge is 0.504 e. The molecule has 0 bridgehead atoms. The second-order valence-electron chi connectivity index (χ2n) is 2.96. The SMILES string of the molecule is OCCC(F)(F)c1cc(F)cc(F)c1O. The molecule has 0 spiro atoms. The van der Waals surface area contributed by atoms with Crippen molar-refractivity contribution in [1.29, 1.82) is 0 Å². The summed E-state index contributed by atoms with van der Waals surface area (Å²) in [4.78, 5) is 0. The zero-order chi connectivity index (χ0) is 11.6. The van der Waals surface area contributed by atoms with Gasteiger partial charge < -0.3 is 10.2 Å². The van der Waals surface area contributed by atoms with E-state index in [1.165, 1.54) is 0 Å². The summed E-state index contributed by atoms with van der Waals surface area (Å²) in [5, 5.41) is 17.3. The van der Waals surface area contributed by atoms with Crippen LogP contribution >= 0.6 is 0 Å². The third kappa shape index (κ3) is 2.38. The Bertz CT molecular complexity index is 365. The minimum Gasteiger partial charge on any atom is -0.504 e. The highest BCUT2D eigenvalue weighted by Gasteiger charge is 2.35. The fourth-order valence-corrected chi connectivity index (χ4v) is 1.12. The maximum atomic E-state index is 13.1. The Morgan fingerprint density at radius 3 is 2.33 bits per heavy atom. The number of phenols is 1. The van der Waals surface area contributed by atoms with E-state index >= 15 is 0 Å². The molecule has 2 N–H and O–H groups in total. The molecule has 0 heterocycles. The summed E-state index contributed by atoms with van der Waals surface area (Å²) in [6.45, 7) is -0.857. The number of halogens is 4. The molecule has 6 heteroatoms. The average Bonchev–Trinajstić information content (AvgIpc) is 2.11. The zero-order valence-electron chi connectivity index (χ0n) is 7.48. The first kappa shape index (κ1) is 11.8. The predicted octanol–water partition coefficient (Wildman–Crippen LogP) is 2.14. The van der Waals surface area contributed by atoms with E-state index in [4.69, 9.17) is 10.2 Å². The third-order valence-corrected chi connectivity index (χ3v) is 1.85. The van der Waals surface area contributed by atoms with Crippen molar-refractivity contribution >= 4 is 0 Å². The number of alkyl halides is 2. The van der Waals surface area contributed by atoms with Gasteiger partial charge in [-0.25, -0.2) is 17.6 Å². The van der Waals surface area contributed by atoms with Crippen LogP contribution in [0.4, 0.5) is 17.6 Å². The normalized spacial score (nSPS) is 11.8. The van der Waals surface area contributed by atoms with Crippen LogP contribution in [0, 0.1) is 11.6 Å². The maximum Gasteiger partial charge on any atom is 0.279 e. The number of hydrogen-bond donors (Lipinski definition) is 2. The van der Waals surface area contributed by atoms with Crippen molar-refractivity contribution in [3.05, 3.63) is 29.3 Å². The van der Waals surface area contributed by atoms with E-state index in [-0.39, 0.29) is 0 Å². The second-order valence-corrected chi connectivity index (χ2v) is 2.96. The van der Waals surface area contributed by atoms with Crippen LogP contribution in [0.2, 0.25) is 0 Å². The van der Waals surface area contributed by atoms with Gasteiger partial charge in [0.1, 0.15) is 5.82 Å². The van der Waals surface area contributed by atoms with Crippen molar-refractivity contribution in [2.24, 2.45) is 0 Å². The monoisotopic (exact) mass is 224 g/mol. The summed E-state index contributed by atoms with van der Waals surface area (Å²) in [7, 11) is 0. The molecule has 0 aliphatic carbocycles. The van der Waals surface area contributed by atoms with Gasteiger partial charge in [-0.15, -0.1) is 0 Å². The smallest absolute Gasteiger partial charge is 0.279 e. The van der Waals surface area contributed by atoms with E-state index in [1.54, 1.807) is 0 Å². The Labute approximate surface area is 82.8 Å². The number of aliphatic hydroxyl groups is 1. The van der Waals surface area contributed by atoms with Crippen molar-refractivity contribution in [1.82, 2.24) is 0 Å². The molecule has 1 aromatic carbocycles. The Morgan fingerprint density at radius 1 is 1.20 bits per heavy atom. The summed E-state index contributed by atoms with van der Waals surface area (Å²) >= 11 is 0. The highest BCUT2D eigenvalue weighted by molar-refractivity contribution is 5.37. The Kier molecular flexibility index (Phi) is 3.18. The van der Waals surface area contributed by atoms with Crippen molar-refractivity contribution in [3.63, 3.8) is 0 Å². The highest BCUT2D eigenvalue weighted by atomic mass is 19.3. The molecule has 84 valence electrons. The molecule has 1 rings (SSSR count). The first-order valence-corrected chi connectivity index (χ1v) is 4.05. The molecule has 0 aliphatic heterocycles. The predicted molar refractivity (Wildman–Crippen MR) is 43.6 cm³/mol. The van der Waals surface area contributed by atoms with Crippen LogP contribution in [0.3, 0.4) is 0 Å². The number of aromatic hydroxyl groups is 1. The summed E-state index contributed by atoms with van der Waals surface area (Å²) < 4.78 is 51.6. The van der Waals surface area contributed by atoms with E-state index < -0.39 is 41.9 Å². The quantitative estimate of drug-likeness (QED) is 0.772. The Hall–Kier alpha value is -1.30. The lowest BCUT2D eigenvalue weighted by atomic mass is 10.0. The molecule has 15 heavy (non-hydrogen) atoms. The number of aliphatic hydroxyl groups excluding tert-OH is 1. The molecule has 0 unspecified atom stereocenters. The summed E-state index contributed by atoms with van der Waals surface area (Å²) in [5.74, 6) is -7.63. The third-order valence-electron chi connectivity index (χ3n) is 1.85. The fourth-order valence-electron chi connectivity index (χ4n) is 1.12. The molecule has 2 nitrogen and oxygen atoms in total. The fraction of sp³-hybridized carbons (Fsp3) is 0.333. The van der Waals surface area contributed by atoms with E-state index in [9.17, 15) is 17.6 Å². The van der Waals surface area contributed by atoms with E-state index in [2.05, 4.69) is 0 Å². The number of hydrogen-bond acceptors (Lipinski definition) is 2. The van der Waals surface area contributed by atoms with Crippen LogP contribution in [-0.2, 0) is 5.92 Å². The number of phenolic OH excluding ortho intramolecular Hbond substituents is 1. The second kappa shape index (κ2) is 4.06. The minimum absolute atomic E-state index is 0.299. The number of benzene rings is 1. The Morgan fingerprint density at radius 2 is 1.80 bits per heavy atom. The van der Waals surface area contributed by atoms with Gasteiger partial charge >= 0.3 is 0 Å². The maximum absolute atomic E-state index is 13.1. The van der Waals surface area contributed by atoms with E-state index in [0.29, 0.717) is 12.1 Å². The molecular formula is C9H8F4O2. The summed E-state index contributed by atoms with van der Waals surface area (Å²) in [6, 6.07) is 0.641. The van der Waals surface area contributed by atoms with Gasteiger partial charge in [-0.1, -0.05) is 0 Å². The lowest BCUT2D eigenvalue weighted by Crippen LogP contribution is -2.16. The molecule has 0 aliphatic rings. The average molecular weight is 224 g/mol. The molecule has 0 aromatic heterocycles. The molecule has 0 saturated carbocycles. The van der Waals surface area contributed by atoms with Gasteiger partial charge in [0, 0.05) is 19.1 Å². The summed E-state index contributed by atoms with van der Waals surface area (Å²) in [6.07, 6.45) is -1.01. The van der Waals surface area contributed by atoms with E-state index in [0.717, 1.165) is 0 Å². The van der Waals surface area contributed by atoms with Gasteiger partial charge in [-0.3, -0.25) is 0 Å². The molecular weight excluding hydrogens is 216 g/mol. The molecule has 0 fully saturated rings. The summed E-state index contributed by atoms with van der Waals surface area (Å²) in [5.41, 5.74) is -1.16. The molecule has 0 radical (unpaired) electrons. The first-order valence-electron chi connectivity index (χ1n) is 4.05. The van der Waals surface area contributed by atoms with Gasteiger partial charge in [0.15, 0.2) is 11.6 Å². The molecule has 0 saturated heterocycles. The zero-order valence-corrected chi connectivity index (χ0v) is 7.48. The standard InChI is InChI=1S/C9H8F4O2/c10-5-3-6(8(15)7(11)4-5)9(12,13)1-2-14/h3-4,14-15H,1-2H2. The van der Waals surface area contributed by atoms with Crippen molar-refractivity contribution in [2.45, 2.75) is 12.3 Å². The van der Waals surface area contributed by atoms with Crippen LogP contribution in [-0.4, -0.2) is 16.8 Å². The van der Waals surface area contributed by atoms with Gasteiger partial charge in [0.05, 0.1) is 5.56 Å². The van der Waals surface area contributed by atoms with Crippen molar-refractivity contribution in [2.75, 3.05) is 6.61 Å². The number of rotatable bonds is 3. The topological polar surface area (TPSA) is 40.5 Å². The van der Waals surface area contributed by atoms with Crippen LogP contribution in [0.5, 0.6) is 5.75 Å². The lowest BCUT2D eigenvalue weighted by molar-refractivity contribution is -0.0294. The van der Waals surface area contributed by atoms with Crippen LogP contribution in [0.25, 0.3) is 0 Å². The van der Waals surface area contributed by atoms with Gasteiger partial charge in [0.25, 0.3) is 5.92 Å². The van der Waals surface area contributed by atoms with Crippen molar-refractivity contribution in [3.8, 4) is 5.75 Å². The minimum atomic E-state index is -3.66. The van der Waals surface area contributed by atoms with Crippen LogP contribution in [0.15, 0.2) is 12.1 Å². The van der Waals surface area contributed by atoms with Crippen LogP contribution in [0.1, 0.15) is 12.0 Å². The lowest BCUT2D eigenvalue weighted by Gasteiger charge is -2.16. The van der Waals surface area contributed by atoms with Gasteiger partial charge in [-0.2, -0.15) is 0 Å². The van der Waals surface area contributed by atoms with E-state index in [1.807, 2.05) is 0 Å². The Balaban J connectivity index is 3.24. The molecule has 0 atom stereocenters. The van der Waals surface area contributed by atoms with Crippen molar-refractivity contribution < 1.29 is 27.8 Å². The first-order chi connectivity index (χ1) is 6.88. The molecule has 0 amide bonds. The highest BCUT2D eigenvalue weighted by Crippen LogP contribution is 2.38. The van der Waals surface area contributed by atoms with Crippen LogP contribution < -0.4 is 0 Å². The molecule has 1 aromatic rings.